The van der Waals surface area contributed by atoms with Crippen LogP contribution in [0.3, 0.4) is 0 Å². The van der Waals surface area contributed by atoms with Gasteiger partial charge in [0.15, 0.2) is 0 Å². The van der Waals surface area contributed by atoms with Crippen LogP contribution in [-0.2, 0) is 24.5 Å². The SMILES string of the molecule is O=c1c2c([nH]n1CC1CCCN1)COC2. The molecule has 0 bridgehead atoms. The van der Waals surface area contributed by atoms with Gasteiger partial charge in [-0.05, 0) is 19.4 Å². The second-order valence-electron chi connectivity index (χ2n) is 4.27. The molecule has 0 aromatic carbocycles. The van der Waals surface area contributed by atoms with Crippen LogP contribution in [0.1, 0.15) is 24.1 Å². The highest BCUT2D eigenvalue weighted by molar-refractivity contribution is 5.18. The van der Waals surface area contributed by atoms with Gasteiger partial charge in [0.25, 0.3) is 5.56 Å². The lowest BCUT2D eigenvalue weighted by molar-refractivity contribution is 0.130. The molecular weight excluding hydrogens is 194 g/mol. The maximum Gasteiger partial charge on any atom is 0.272 e. The predicted octanol–water partition coefficient (Wildman–Crippen LogP) is -0.0414. The first-order valence-corrected chi connectivity index (χ1v) is 5.46. The van der Waals surface area contributed by atoms with E-state index in [9.17, 15) is 4.79 Å². The Bertz CT molecular complexity index is 415. The Hall–Kier alpha value is -1.07. The summed E-state index contributed by atoms with van der Waals surface area (Å²) >= 11 is 0. The van der Waals surface area contributed by atoms with E-state index in [-0.39, 0.29) is 5.56 Å². The van der Waals surface area contributed by atoms with E-state index >= 15 is 0 Å². The molecule has 5 heteroatoms. The van der Waals surface area contributed by atoms with Gasteiger partial charge in [0, 0.05) is 6.04 Å². The summed E-state index contributed by atoms with van der Waals surface area (Å²) in [5, 5.41) is 6.51. The third-order valence-corrected chi connectivity index (χ3v) is 3.20. The van der Waals surface area contributed by atoms with Crippen LogP contribution >= 0.6 is 0 Å². The molecule has 0 radical (unpaired) electrons. The monoisotopic (exact) mass is 209 g/mol. The van der Waals surface area contributed by atoms with Crippen molar-refractivity contribution < 1.29 is 4.74 Å². The quantitative estimate of drug-likeness (QED) is 0.718. The van der Waals surface area contributed by atoms with Crippen molar-refractivity contribution >= 4 is 0 Å². The van der Waals surface area contributed by atoms with E-state index in [0.29, 0.717) is 19.3 Å². The minimum Gasteiger partial charge on any atom is -0.370 e. The van der Waals surface area contributed by atoms with Gasteiger partial charge in [-0.15, -0.1) is 0 Å². The number of nitrogens with one attached hydrogen (secondary N) is 2. The van der Waals surface area contributed by atoms with E-state index in [1.807, 2.05) is 0 Å². The van der Waals surface area contributed by atoms with Gasteiger partial charge in [-0.3, -0.25) is 14.6 Å². The summed E-state index contributed by atoms with van der Waals surface area (Å²) in [5.74, 6) is 0. The third-order valence-electron chi connectivity index (χ3n) is 3.20. The zero-order chi connectivity index (χ0) is 10.3. The van der Waals surface area contributed by atoms with Gasteiger partial charge in [-0.2, -0.15) is 0 Å². The first-order valence-electron chi connectivity index (χ1n) is 5.46. The van der Waals surface area contributed by atoms with Crippen molar-refractivity contribution in [2.45, 2.75) is 38.6 Å². The lowest BCUT2D eigenvalue weighted by Crippen LogP contribution is -2.32. The zero-order valence-electron chi connectivity index (χ0n) is 8.58. The van der Waals surface area contributed by atoms with Crippen molar-refractivity contribution in [2.75, 3.05) is 6.54 Å². The molecule has 0 aliphatic carbocycles. The maximum atomic E-state index is 11.9. The van der Waals surface area contributed by atoms with Crippen LogP contribution in [0.4, 0.5) is 0 Å². The van der Waals surface area contributed by atoms with Gasteiger partial charge in [0.05, 0.1) is 31.0 Å². The largest absolute Gasteiger partial charge is 0.370 e. The predicted molar refractivity (Wildman–Crippen MR) is 54.6 cm³/mol. The number of aromatic amines is 1. The molecule has 1 aromatic heterocycles. The Balaban J connectivity index is 1.83. The summed E-state index contributed by atoms with van der Waals surface area (Å²) < 4.78 is 6.92. The van der Waals surface area contributed by atoms with Crippen molar-refractivity contribution in [3.8, 4) is 0 Å². The second-order valence-corrected chi connectivity index (χ2v) is 4.27. The molecule has 1 saturated heterocycles. The minimum atomic E-state index is 0.0937. The number of nitrogens with zero attached hydrogens (tertiary/aromatic N) is 1. The fourth-order valence-electron chi connectivity index (χ4n) is 2.36. The highest BCUT2D eigenvalue weighted by Gasteiger charge is 2.22. The van der Waals surface area contributed by atoms with E-state index in [1.165, 1.54) is 6.42 Å². The van der Waals surface area contributed by atoms with Crippen LogP contribution in [0.25, 0.3) is 0 Å². The average Bonchev–Trinajstić information content (AvgIpc) is 2.89. The van der Waals surface area contributed by atoms with Gasteiger partial charge >= 0.3 is 0 Å². The topological polar surface area (TPSA) is 59.0 Å². The molecule has 82 valence electrons. The molecule has 1 aromatic rings. The molecular formula is C10H15N3O2. The number of ether oxygens (including phenoxy) is 1. The van der Waals surface area contributed by atoms with Crippen LogP contribution in [0.2, 0.25) is 0 Å². The summed E-state index contributed by atoms with van der Waals surface area (Å²) in [6.45, 7) is 2.85. The first-order chi connectivity index (χ1) is 7.34. The fourth-order valence-corrected chi connectivity index (χ4v) is 2.36. The molecule has 0 saturated carbocycles. The number of hydrogen-bond acceptors (Lipinski definition) is 3. The highest BCUT2D eigenvalue weighted by Crippen LogP contribution is 2.14. The molecule has 1 atom stereocenters. The normalized spacial score (nSPS) is 24.7. The van der Waals surface area contributed by atoms with Crippen LogP contribution < -0.4 is 10.9 Å². The van der Waals surface area contributed by atoms with Crippen molar-refractivity contribution in [2.24, 2.45) is 0 Å². The summed E-state index contributed by atoms with van der Waals surface area (Å²) in [5.41, 5.74) is 1.86. The third kappa shape index (κ3) is 1.52. The van der Waals surface area contributed by atoms with E-state index in [1.54, 1.807) is 4.68 Å². The molecule has 3 heterocycles. The summed E-state index contributed by atoms with van der Waals surface area (Å²) in [6.07, 6.45) is 2.37. The molecule has 15 heavy (non-hydrogen) atoms. The smallest absolute Gasteiger partial charge is 0.272 e. The van der Waals surface area contributed by atoms with Crippen molar-refractivity contribution in [1.29, 1.82) is 0 Å². The van der Waals surface area contributed by atoms with Gasteiger partial charge in [-0.25, -0.2) is 0 Å². The summed E-state index contributed by atoms with van der Waals surface area (Å²) in [6, 6.07) is 0.447. The average molecular weight is 209 g/mol. The van der Waals surface area contributed by atoms with E-state index in [4.69, 9.17) is 4.74 Å². The van der Waals surface area contributed by atoms with E-state index in [0.717, 1.165) is 30.8 Å². The van der Waals surface area contributed by atoms with Crippen LogP contribution in [0.5, 0.6) is 0 Å². The number of H-pyrrole nitrogens is 1. The Kier molecular flexibility index (Phi) is 2.14. The van der Waals surface area contributed by atoms with Crippen molar-refractivity contribution in [1.82, 2.24) is 15.1 Å². The van der Waals surface area contributed by atoms with Gasteiger partial charge in [-0.1, -0.05) is 0 Å². The molecule has 5 nitrogen and oxygen atoms in total. The second kappa shape index (κ2) is 3.50. The number of fused-ring (bicyclic) bond motifs is 1. The van der Waals surface area contributed by atoms with Crippen LogP contribution in [0.15, 0.2) is 4.79 Å². The lowest BCUT2D eigenvalue weighted by Gasteiger charge is -2.10. The molecule has 0 amide bonds. The molecule has 2 aliphatic rings. The molecule has 2 aliphatic heterocycles. The molecule has 1 unspecified atom stereocenters. The van der Waals surface area contributed by atoms with Gasteiger partial charge < -0.3 is 10.1 Å². The van der Waals surface area contributed by atoms with Crippen molar-refractivity contribution in [3.63, 3.8) is 0 Å². The van der Waals surface area contributed by atoms with E-state index < -0.39 is 0 Å². The zero-order valence-corrected chi connectivity index (χ0v) is 8.58. The lowest BCUT2D eigenvalue weighted by atomic mass is 10.2. The molecule has 3 rings (SSSR count). The summed E-state index contributed by atoms with van der Waals surface area (Å²) in [7, 11) is 0. The van der Waals surface area contributed by atoms with Crippen LogP contribution in [-0.4, -0.2) is 22.4 Å². The van der Waals surface area contributed by atoms with E-state index in [2.05, 4.69) is 10.4 Å². The number of rotatable bonds is 2. The maximum absolute atomic E-state index is 11.9. The molecule has 0 spiro atoms. The summed E-state index contributed by atoms with van der Waals surface area (Å²) in [4.78, 5) is 11.9. The molecule has 1 fully saturated rings. The van der Waals surface area contributed by atoms with Crippen molar-refractivity contribution in [3.05, 3.63) is 21.6 Å². The van der Waals surface area contributed by atoms with Crippen LogP contribution in [0, 0.1) is 0 Å². The Labute approximate surface area is 87.4 Å². The Morgan fingerprint density at radius 3 is 3.13 bits per heavy atom. The van der Waals surface area contributed by atoms with Gasteiger partial charge in [0.1, 0.15) is 0 Å². The fraction of sp³-hybridized carbons (Fsp3) is 0.700. The Morgan fingerprint density at radius 2 is 2.40 bits per heavy atom. The van der Waals surface area contributed by atoms with Gasteiger partial charge in [0.2, 0.25) is 0 Å². The Morgan fingerprint density at radius 1 is 1.47 bits per heavy atom. The number of aromatic nitrogens is 2. The number of hydrogen-bond donors (Lipinski definition) is 2. The minimum absolute atomic E-state index is 0.0937. The molecule has 2 N–H and O–H groups in total. The first kappa shape index (κ1) is 9.18. The highest BCUT2D eigenvalue weighted by atomic mass is 16.5. The standard InChI is InChI=1S/C10H15N3O2/c14-10-8-5-15-6-9(8)12-13(10)4-7-2-1-3-11-7/h7,11-12H,1-6H2.